The van der Waals surface area contributed by atoms with Crippen LogP contribution >= 0.6 is 0 Å². The van der Waals surface area contributed by atoms with Gasteiger partial charge in [0.05, 0.1) is 5.92 Å². The molecule has 0 amide bonds. The van der Waals surface area contributed by atoms with Crippen molar-refractivity contribution in [2.75, 3.05) is 0 Å². The molecule has 0 aliphatic carbocycles. The Morgan fingerprint density at radius 1 is 1.40 bits per heavy atom. The second-order valence-corrected chi connectivity index (χ2v) is 3.94. The minimum absolute atomic E-state index is 0.224. The van der Waals surface area contributed by atoms with Crippen molar-refractivity contribution in [3.05, 3.63) is 0 Å². The van der Waals surface area contributed by atoms with Crippen LogP contribution in [0.4, 0.5) is 0 Å². The van der Waals surface area contributed by atoms with Gasteiger partial charge in [-0.1, -0.05) is 33.6 Å². The Kier molecular flexibility index (Phi) is 6.41. The van der Waals surface area contributed by atoms with Crippen LogP contribution in [-0.4, -0.2) is 22.8 Å². The van der Waals surface area contributed by atoms with Gasteiger partial charge < -0.3 is 9.90 Å². The Balaban J connectivity index is 4.71. The molecule has 15 heavy (non-hydrogen) atoms. The summed E-state index contributed by atoms with van der Waals surface area (Å²) in [6.07, 6.45) is 3.74. The summed E-state index contributed by atoms with van der Waals surface area (Å²) in [7, 11) is 0. The number of hydrogen-bond donors (Lipinski definition) is 1. The zero-order valence-electron chi connectivity index (χ0n) is 9.95. The third-order valence-corrected chi connectivity index (χ3v) is 2.99. The van der Waals surface area contributed by atoms with E-state index in [0.717, 1.165) is 19.1 Å². The van der Waals surface area contributed by atoms with E-state index in [9.17, 15) is 14.7 Å². The molecule has 2 atom stereocenters. The van der Waals surface area contributed by atoms with Crippen molar-refractivity contribution in [3.63, 3.8) is 0 Å². The molecule has 0 bridgehead atoms. The largest absolute Gasteiger partial charge is 0.381 e. The number of aldehydes is 1. The van der Waals surface area contributed by atoms with E-state index in [0.29, 0.717) is 12.8 Å². The lowest BCUT2D eigenvalue weighted by Crippen LogP contribution is -2.46. The van der Waals surface area contributed by atoms with E-state index in [1.807, 2.05) is 6.92 Å². The third-order valence-electron chi connectivity index (χ3n) is 2.99. The molecule has 0 rings (SSSR count). The first-order chi connectivity index (χ1) is 7.06. The van der Waals surface area contributed by atoms with Crippen LogP contribution in [0, 0.1) is 5.92 Å². The van der Waals surface area contributed by atoms with Gasteiger partial charge in [-0.3, -0.25) is 4.79 Å². The number of Topliss-reactive ketones (excluding diaryl/α,β-unsaturated/α-hetero) is 1. The topological polar surface area (TPSA) is 54.4 Å². The van der Waals surface area contributed by atoms with Crippen LogP contribution in [0.3, 0.4) is 0 Å². The summed E-state index contributed by atoms with van der Waals surface area (Å²) in [6, 6.07) is 0. The first kappa shape index (κ1) is 14.3. The zero-order valence-corrected chi connectivity index (χ0v) is 9.95. The van der Waals surface area contributed by atoms with Crippen LogP contribution in [0.2, 0.25) is 0 Å². The lowest BCUT2D eigenvalue weighted by Gasteiger charge is -2.30. The van der Waals surface area contributed by atoms with Gasteiger partial charge in [0.1, 0.15) is 11.9 Å². The molecule has 3 nitrogen and oxygen atoms in total. The van der Waals surface area contributed by atoms with E-state index in [4.69, 9.17) is 0 Å². The summed E-state index contributed by atoms with van der Waals surface area (Å²) in [4.78, 5) is 22.5. The summed E-state index contributed by atoms with van der Waals surface area (Å²) in [5, 5.41) is 10.2. The molecule has 0 aromatic carbocycles. The molecule has 0 aliphatic heterocycles. The molecular weight excluding hydrogens is 192 g/mol. The Hall–Kier alpha value is -0.700. The molecule has 0 aromatic heterocycles. The second kappa shape index (κ2) is 6.72. The van der Waals surface area contributed by atoms with Gasteiger partial charge in [0.2, 0.25) is 0 Å². The Bertz CT molecular complexity index is 213. The van der Waals surface area contributed by atoms with Gasteiger partial charge in [0, 0.05) is 6.42 Å². The molecule has 0 radical (unpaired) electrons. The number of carbonyl (C=O) groups is 2. The number of hydrogen-bond acceptors (Lipinski definition) is 3. The minimum Gasteiger partial charge on any atom is -0.381 e. The van der Waals surface area contributed by atoms with E-state index in [1.54, 1.807) is 13.8 Å². The summed E-state index contributed by atoms with van der Waals surface area (Å²) >= 11 is 0. The molecule has 0 aliphatic rings. The van der Waals surface area contributed by atoms with Crippen LogP contribution in [0.5, 0.6) is 0 Å². The van der Waals surface area contributed by atoms with Crippen LogP contribution in [0.15, 0.2) is 0 Å². The predicted molar refractivity (Wildman–Crippen MR) is 59.6 cm³/mol. The standard InChI is InChI=1S/C12H22O3/c1-4-7-8-10(9-13)12(15,6-3)11(14)5-2/h9-10,15H,4-8H2,1-3H3. The van der Waals surface area contributed by atoms with E-state index >= 15 is 0 Å². The molecule has 3 heteroatoms. The fraction of sp³-hybridized carbons (Fsp3) is 0.833. The average molecular weight is 214 g/mol. The molecule has 0 aromatic rings. The Morgan fingerprint density at radius 3 is 2.33 bits per heavy atom. The third kappa shape index (κ3) is 3.42. The van der Waals surface area contributed by atoms with Crippen molar-refractivity contribution in [1.82, 2.24) is 0 Å². The number of unbranched alkanes of at least 4 members (excludes halogenated alkanes) is 1. The van der Waals surface area contributed by atoms with Crippen molar-refractivity contribution < 1.29 is 14.7 Å². The van der Waals surface area contributed by atoms with E-state index in [1.165, 1.54) is 0 Å². The van der Waals surface area contributed by atoms with Crippen LogP contribution < -0.4 is 0 Å². The van der Waals surface area contributed by atoms with Gasteiger partial charge >= 0.3 is 0 Å². The van der Waals surface area contributed by atoms with E-state index < -0.39 is 11.5 Å². The number of carbonyl (C=O) groups excluding carboxylic acids is 2. The van der Waals surface area contributed by atoms with E-state index in [2.05, 4.69) is 0 Å². The predicted octanol–water partition coefficient (Wildman–Crippen LogP) is 2.11. The second-order valence-electron chi connectivity index (χ2n) is 3.94. The van der Waals surface area contributed by atoms with Gasteiger partial charge in [-0.15, -0.1) is 0 Å². The van der Waals surface area contributed by atoms with Gasteiger partial charge in [-0.2, -0.15) is 0 Å². The molecule has 88 valence electrons. The highest BCUT2D eigenvalue weighted by atomic mass is 16.3. The maximum Gasteiger partial charge on any atom is 0.164 e. The summed E-state index contributed by atoms with van der Waals surface area (Å²) in [5.41, 5.74) is -1.44. The van der Waals surface area contributed by atoms with Crippen molar-refractivity contribution >= 4 is 12.1 Å². The van der Waals surface area contributed by atoms with Crippen molar-refractivity contribution in [3.8, 4) is 0 Å². The highest BCUT2D eigenvalue weighted by Crippen LogP contribution is 2.27. The summed E-state index contributed by atoms with van der Waals surface area (Å²) in [6.45, 7) is 5.48. The lowest BCUT2D eigenvalue weighted by molar-refractivity contribution is -0.147. The molecule has 0 heterocycles. The maximum absolute atomic E-state index is 11.6. The molecule has 2 unspecified atom stereocenters. The molecule has 0 fully saturated rings. The first-order valence-corrected chi connectivity index (χ1v) is 5.77. The lowest BCUT2D eigenvalue weighted by atomic mass is 9.79. The van der Waals surface area contributed by atoms with Crippen molar-refractivity contribution in [2.24, 2.45) is 5.92 Å². The molecule has 0 spiro atoms. The Morgan fingerprint density at radius 2 is 2.00 bits per heavy atom. The SMILES string of the molecule is CCCCC(C=O)C(O)(CC)C(=O)CC. The normalized spacial score (nSPS) is 16.8. The number of aliphatic hydroxyl groups is 1. The monoisotopic (exact) mass is 214 g/mol. The quantitative estimate of drug-likeness (QED) is 0.630. The van der Waals surface area contributed by atoms with E-state index in [-0.39, 0.29) is 12.2 Å². The molecular formula is C12H22O3. The minimum atomic E-state index is -1.44. The molecule has 0 saturated heterocycles. The smallest absolute Gasteiger partial charge is 0.164 e. The fourth-order valence-electron chi connectivity index (χ4n) is 1.82. The molecule has 1 N–H and O–H groups in total. The van der Waals surface area contributed by atoms with Crippen LogP contribution in [-0.2, 0) is 9.59 Å². The van der Waals surface area contributed by atoms with Crippen LogP contribution in [0.1, 0.15) is 52.9 Å². The highest BCUT2D eigenvalue weighted by molar-refractivity contribution is 5.89. The van der Waals surface area contributed by atoms with Crippen molar-refractivity contribution in [2.45, 2.75) is 58.5 Å². The fourth-order valence-corrected chi connectivity index (χ4v) is 1.82. The van der Waals surface area contributed by atoms with Gasteiger partial charge in [0.25, 0.3) is 0 Å². The number of ketones is 1. The highest BCUT2D eigenvalue weighted by Gasteiger charge is 2.40. The Labute approximate surface area is 91.9 Å². The zero-order chi connectivity index (χ0) is 11.9. The number of rotatable bonds is 8. The van der Waals surface area contributed by atoms with Gasteiger partial charge in [0.15, 0.2) is 5.78 Å². The summed E-state index contributed by atoms with van der Waals surface area (Å²) in [5.74, 6) is -0.770. The average Bonchev–Trinajstić information content (AvgIpc) is 2.28. The van der Waals surface area contributed by atoms with Gasteiger partial charge in [-0.05, 0) is 12.8 Å². The maximum atomic E-state index is 11.6. The van der Waals surface area contributed by atoms with Crippen molar-refractivity contribution in [1.29, 1.82) is 0 Å². The van der Waals surface area contributed by atoms with Crippen LogP contribution in [0.25, 0.3) is 0 Å². The summed E-state index contributed by atoms with van der Waals surface area (Å²) < 4.78 is 0. The molecule has 0 saturated carbocycles. The van der Waals surface area contributed by atoms with Gasteiger partial charge in [-0.25, -0.2) is 0 Å². The first-order valence-electron chi connectivity index (χ1n) is 5.77.